The minimum atomic E-state index is -0.382. The van der Waals surface area contributed by atoms with Crippen LogP contribution in [-0.4, -0.2) is 10.8 Å². The molecule has 0 radical (unpaired) electrons. The van der Waals surface area contributed by atoms with Gasteiger partial charge >= 0.3 is 0 Å². The van der Waals surface area contributed by atoms with Gasteiger partial charge in [-0.2, -0.15) is 0 Å². The molecular formula is C17H11BrFNO. The highest BCUT2D eigenvalue weighted by Crippen LogP contribution is 2.18. The first-order valence-corrected chi connectivity index (χ1v) is 7.26. The van der Waals surface area contributed by atoms with Gasteiger partial charge < -0.3 is 0 Å². The molecule has 3 rings (SSSR count). The third kappa shape index (κ3) is 3.00. The van der Waals surface area contributed by atoms with Crippen molar-refractivity contribution in [3.63, 3.8) is 0 Å². The molecule has 0 amide bonds. The van der Waals surface area contributed by atoms with Gasteiger partial charge in [0.1, 0.15) is 11.5 Å². The number of pyridine rings is 1. The summed E-state index contributed by atoms with van der Waals surface area (Å²) >= 11 is 3.28. The Morgan fingerprint density at radius 1 is 1.10 bits per heavy atom. The number of Topliss-reactive ketones (excluding diaryl/α,β-unsaturated/α-hetero) is 1. The molecule has 1 aromatic heterocycles. The van der Waals surface area contributed by atoms with Gasteiger partial charge in [-0.3, -0.25) is 4.79 Å². The van der Waals surface area contributed by atoms with E-state index in [-0.39, 0.29) is 18.0 Å². The van der Waals surface area contributed by atoms with Crippen molar-refractivity contribution in [1.29, 1.82) is 0 Å². The van der Waals surface area contributed by atoms with E-state index in [0.717, 1.165) is 15.4 Å². The van der Waals surface area contributed by atoms with E-state index >= 15 is 0 Å². The molecule has 0 unspecified atom stereocenters. The molecule has 0 saturated carbocycles. The lowest BCUT2D eigenvalue weighted by Gasteiger charge is -2.05. The number of carbonyl (C=O) groups is 1. The first-order valence-electron chi connectivity index (χ1n) is 6.46. The highest BCUT2D eigenvalue weighted by Gasteiger charge is 2.12. The van der Waals surface area contributed by atoms with Crippen molar-refractivity contribution in [1.82, 2.24) is 4.98 Å². The van der Waals surface area contributed by atoms with Crippen molar-refractivity contribution >= 4 is 32.6 Å². The van der Waals surface area contributed by atoms with Gasteiger partial charge in [0.2, 0.25) is 0 Å². The Kier molecular flexibility index (Phi) is 3.80. The number of para-hydroxylation sites is 1. The van der Waals surface area contributed by atoms with Crippen LogP contribution in [0.5, 0.6) is 0 Å². The van der Waals surface area contributed by atoms with Crippen LogP contribution < -0.4 is 0 Å². The van der Waals surface area contributed by atoms with E-state index in [2.05, 4.69) is 20.9 Å². The molecule has 0 bridgehead atoms. The molecule has 3 aromatic rings. The number of rotatable bonds is 3. The summed E-state index contributed by atoms with van der Waals surface area (Å²) in [5.41, 5.74) is 1.48. The van der Waals surface area contributed by atoms with Crippen LogP contribution in [0.2, 0.25) is 0 Å². The fraction of sp³-hybridized carbons (Fsp3) is 0.0588. The molecule has 0 N–H and O–H groups in total. The maximum atomic E-state index is 13.7. The van der Waals surface area contributed by atoms with Crippen molar-refractivity contribution in [2.45, 2.75) is 6.42 Å². The van der Waals surface area contributed by atoms with Crippen LogP contribution in [0.1, 0.15) is 16.1 Å². The summed E-state index contributed by atoms with van der Waals surface area (Å²) in [7, 11) is 0. The van der Waals surface area contributed by atoms with Crippen LogP contribution in [0.3, 0.4) is 0 Å². The Bertz CT molecular complexity index is 832. The number of hydrogen-bond donors (Lipinski definition) is 0. The number of carbonyl (C=O) groups excluding carboxylic acids is 1. The van der Waals surface area contributed by atoms with E-state index < -0.39 is 0 Å². The molecule has 0 spiro atoms. The summed E-state index contributed by atoms with van der Waals surface area (Å²) in [4.78, 5) is 16.6. The predicted octanol–water partition coefficient (Wildman–Crippen LogP) is 4.56. The molecular weight excluding hydrogens is 333 g/mol. The number of hydrogen-bond acceptors (Lipinski definition) is 2. The molecule has 0 atom stereocenters. The smallest absolute Gasteiger partial charge is 0.185 e. The average Bonchev–Trinajstić information content (AvgIpc) is 2.50. The van der Waals surface area contributed by atoms with Gasteiger partial charge in [0.05, 0.1) is 5.52 Å². The zero-order valence-electron chi connectivity index (χ0n) is 11.0. The minimum Gasteiger partial charge on any atom is -0.292 e. The first-order chi connectivity index (χ1) is 10.1. The molecule has 0 fully saturated rings. The van der Waals surface area contributed by atoms with Gasteiger partial charge in [0.15, 0.2) is 5.78 Å². The summed E-state index contributed by atoms with van der Waals surface area (Å²) in [5, 5.41) is 0.975. The van der Waals surface area contributed by atoms with Gasteiger partial charge in [-0.15, -0.1) is 0 Å². The molecule has 21 heavy (non-hydrogen) atoms. The van der Waals surface area contributed by atoms with Gasteiger partial charge in [0.25, 0.3) is 0 Å². The molecule has 104 valence electrons. The molecule has 1 heterocycles. The predicted molar refractivity (Wildman–Crippen MR) is 83.9 cm³/mol. The quantitative estimate of drug-likeness (QED) is 0.652. The van der Waals surface area contributed by atoms with Gasteiger partial charge in [0, 0.05) is 16.3 Å². The fourth-order valence-corrected chi connectivity index (χ4v) is 2.57. The standard InChI is InChI=1S/C17H11BrFNO/c18-13-6-7-14(19)12(9-13)10-17(21)16-8-5-11-3-1-2-4-15(11)20-16/h1-9H,10H2. The third-order valence-corrected chi connectivity index (χ3v) is 3.74. The SMILES string of the molecule is O=C(Cc1cc(Br)ccc1F)c1ccc2ccccc2n1. The van der Waals surface area contributed by atoms with Crippen LogP contribution >= 0.6 is 15.9 Å². The number of nitrogens with zero attached hydrogens (tertiary/aromatic N) is 1. The van der Waals surface area contributed by atoms with Crippen LogP contribution in [-0.2, 0) is 6.42 Å². The topological polar surface area (TPSA) is 30.0 Å². The largest absolute Gasteiger partial charge is 0.292 e. The number of aromatic nitrogens is 1. The second kappa shape index (κ2) is 5.74. The average molecular weight is 344 g/mol. The lowest BCUT2D eigenvalue weighted by Crippen LogP contribution is -2.07. The summed E-state index contributed by atoms with van der Waals surface area (Å²) in [6.45, 7) is 0. The van der Waals surface area contributed by atoms with E-state index in [1.165, 1.54) is 6.07 Å². The van der Waals surface area contributed by atoms with E-state index in [0.29, 0.717) is 11.3 Å². The van der Waals surface area contributed by atoms with Crippen LogP contribution in [0.15, 0.2) is 59.1 Å². The van der Waals surface area contributed by atoms with Gasteiger partial charge in [-0.25, -0.2) is 9.37 Å². The zero-order valence-corrected chi connectivity index (χ0v) is 12.6. The second-order valence-electron chi connectivity index (χ2n) is 4.72. The van der Waals surface area contributed by atoms with E-state index in [9.17, 15) is 9.18 Å². The van der Waals surface area contributed by atoms with E-state index in [1.807, 2.05) is 30.3 Å². The van der Waals surface area contributed by atoms with Crippen molar-refractivity contribution in [2.24, 2.45) is 0 Å². The first kappa shape index (κ1) is 13.9. The number of halogens is 2. The Morgan fingerprint density at radius 2 is 1.90 bits per heavy atom. The Balaban J connectivity index is 1.91. The van der Waals surface area contributed by atoms with Crippen LogP contribution in [0.4, 0.5) is 4.39 Å². The molecule has 0 aliphatic carbocycles. The van der Waals surface area contributed by atoms with Crippen LogP contribution in [0, 0.1) is 5.82 Å². The normalized spacial score (nSPS) is 10.8. The number of ketones is 1. The fourth-order valence-electron chi connectivity index (χ4n) is 2.16. The lowest BCUT2D eigenvalue weighted by molar-refractivity contribution is 0.0987. The molecule has 2 aromatic carbocycles. The summed E-state index contributed by atoms with van der Waals surface area (Å²) in [5.74, 6) is -0.579. The van der Waals surface area contributed by atoms with E-state index in [4.69, 9.17) is 0 Å². The third-order valence-electron chi connectivity index (χ3n) is 3.24. The molecule has 4 heteroatoms. The number of benzene rings is 2. The summed E-state index contributed by atoms with van der Waals surface area (Å²) < 4.78 is 14.5. The monoisotopic (exact) mass is 343 g/mol. The maximum absolute atomic E-state index is 13.7. The van der Waals surface area contributed by atoms with Crippen LogP contribution in [0.25, 0.3) is 10.9 Å². The van der Waals surface area contributed by atoms with Crippen molar-refractivity contribution in [3.8, 4) is 0 Å². The minimum absolute atomic E-state index is 0.00336. The van der Waals surface area contributed by atoms with Crippen molar-refractivity contribution < 1.29 is 9.18 Å². The molecule has 0 aliphatic rings. The highest BCUT2D eigenvalue weighted by atomic mass is 79.9. The summed E-state index contributed by atoms with van der Waals surface area (Å²) in [6.07, 6.45) is -0.00336. The number of fused-ring (bicyclic) bond motifs is 1. The summed E-state index contributed by atoms with van der Waals surface area (Å²) in [6, 6.07) is 15.7. The second-order valence-corrected chi connectivity index (χ2v) is 5.64. The molecule has 0 saturated heterocycles. The zero-order chi connectivity index (χ0) is 14.8. The Labute approximate surface area is 129 Å². The molecule has 0 aliphatic heterocycles. The van der Waals surface area contributed by atoms with Crippen molar-refractivity contribution in [2.75, 3.05) is 0 Å². The Morgan fingerprint density at radius 3 is 2.76 bits per heavy atom. The molecule has 2 nitrogen and oxygen atoms in total. The van der Waals surface area contributed by atoms with Crippen molar-refractivity contribution in [3.05, 3.63) is 76.1 Å². The highest BCUT2D eigenvalue weighted by molar-refractivity contribution is 9.10. The van der Waals surface area contributed by atoms with E-state index in [1.54, 1.807) is 18.2 Å². The van der Waals surface area contributed by atoms with Gasteiger partial charge in [-0.1, -0.05) is 40.2 Å². The Hall–Kier alpha value is -2.07. The lowest BCUT2D eigenvalue weighted by atomic mass is 10.1. The maximum Gasteiger partial charge on any atom is 0.185 e. The van der Waals surface area contributed by atoms with Gasteiger partial charge in [-0.05, 0) is 35.9 Å².